The fourth-order valence-electron chi connectivity index (χ4n) is 4.74. The van der Waals surface area contributed by atoms with Crippen molar-refractivity contribution >= 4 is 49.0 Å². The third-order valence-corrected chi connectivity index (χ3v) is 7.56. The molecule has 0 spiro atoms. The number of anilines is 3. The zero-order valence-corrected chi connectivity index (χ0v) is 21.2. The molecule has 7 rings (SSSR count). The van der Waals surface area contributed by atoms with E-state index >= 15 is 0 Å². The molecule has 5 heteroatoms. The van der Waals surface area contributed by atoms with Gasteiger partial charge in [0.1, 0.15) is 0 Å². The van der Waals surface area contributed by atoms with Crippen LogP contribution in [0, 0.1) is 0 Å². The Morgan fingerprint density at radius 1 is 0.579 bits per heavy atom. The van der Waals surface area contributed by atoms with E-state index in [-0.39, 0.29) is 0 Å². The Kier molecular flexibility index (Phi) is 5.61. The summed E-state index contributed by atoms with van der Waals surface area (Å²) in [5, 5.41) is 2.03. The second kappa shape index (κ2) is 9.54. The minimum Gasteiger partial charge on any atom is -0.286 e. The predicted molar refractivity (Wildman–Crippen MR) is 158 cm³/mol. The zero-order valence-electron chi connectivity index (χ0n) is 20.4. The highest BCUT2D eigenvalue weighted by Crippen LogP contribution is 2.42. The standard InChI is InChI=1S/C33H22N4S/c1-2-12-25(13-3-1)37(26-14-8-11-24(22-26)28-16-6-7-21-34-28)33-36-32-27(15-9-18-31(32)38-33)30-20-19-23-10-4-5-17-29(23)35-30/h1-22H. The van der Waals surface area contributed by atoms with E-state index < -0.39 is 0 Å². The topological polar surface area (TPSA) is 41.9 Å². The molecule has 38 heavy (non-hydrogen) atoms. The van der Waals surface area contributed by atoms with Crippen LogP contribution in [0.3, 0.4) is 0 Å². The monoisotopic (exact) mass is 506 g/mol. The summed E-state index contributed by atoms with van der Waals surface area (Å²) in [5.41, 5.74) is 7.98. The van der Waals surface area contributed by atoms with Crippen LogP contribution in [0.5, 0.6) is 0 Å². The first-order valence-electron chi connectivity index (χ1n) is 12.5. The average molecular weight is 507 g/mol. The van der Waals surface area contributed by atoms with Crippen LogP contribution >= 0.6 is 11.3 Å². The second-order valence-electron chi connectivity index (χ2n) is 8.97. The van der Waals surface area contributed by atoms with E-state index in [0.29, 0.717) is 0 Å². The number of benzene rings is 4. The van der Waals surface area contributed by atoms with Crippen LogP contribution in [0.15, 0.2) is 134 Å². The number of rotatable bonds is 5. The number of para-hydroxylation sites is 3. The van der Waals surface area contributed by atoms with E-state index in [2.05, 4.69) is 101 Å². The lowest BCUT2D eigenvalue weighted by atomic mass is 10.1. The molecular weight excluding hydrogens is 484 g/mol. The lowest BCUT2D eigenvalue weighted by molar-refractivity contribution is 1.24. The largest absolute Gasteiger partial charge is 0.286 e. The van der Waals surface area contributed by atoms with Crippen LogP contribution in [0.2, 0.25) is 0 Å². The highest BCUT2D eigenvalue weighted by atomic mass is 32.1. The molecular formula is C33H22N4S. The van der Waals surface area contributed by atoms with Crippen molar-refractivity contribution < 1.29 is 0 Å². The Morgan fingerprint density at radius 3 is 2.29 bits per heavy atom. The van der Waals surface area contributed by atoms with E-state index in [4.69, 9.17) is 9.97 Å². The first-order chi connectivity index (χ1) is 18.8. The Hall–Kier alpha value is -4.87. The summed E-state index contributed by atoms with van der Waals surface area (Å²) in [7, 11) is 0. The lowest BCUT2D eigenvalue weighted by Gasteiger charge is -2.22. The van der Waals surface area contributed by atoms with Crippen molar-refractivity contribution in [2.24, 2.45) is 0 Å². The van der Waals surface area contributed by atoms with E-state index in [1.165, 1.54) is 0 Å². The fourth-order valence-corrected chi connectivity index (χ4v) is 5.77. The molecule has 4 aromatic carbocycles. The minimum absolute atomic E-state index is 0.901. The normalized spacial score (nSPS) is 11.2. The van der Waals surface area contributed by atoms with E-state index in [1.54, 1.807) is 11.3 Å². The summed E-state index contributed by atoms with van der Waals surface area (Å²) >= 11 is 1.68. The number of thiazole rings is 1. The van der Waals surface area contributed by atoms with Crippen molar-refractivity contribution in [1.29, 1.82) is 0 Å². The number of pyridine rings is 2. The van der Waals surface area contributed by atoms with Crippen molar-refractivity contribution in [3.63, 3.8) is 0 Å². The SMILES string of the molecule is c1ccc(N(c2cccc(-c3ccccn3)c2)c2nc3c(-c4ccc5ccccc5n4)cccc3s2)cc1. The van der Waals surface area contributed by atoms with Gasteiger partial charge >= 0.3 is 0 Å². The molecule has 0 amide bonds. The van der Waals surface area contributed by atoms with Gasteiger partial charge in [-0.2, -0.15) is 0 Å². The number of hydrogen-bond donors (Lipinski definition) is 0. The van der Waals surface area contributed by atoms with Crippen LogP contribution in [0.25, 0.3) is 43.6 Å². The summed E-state index contributed by atoms with van der Waals surface area (Å²) in [6.07, 6.45) is 1.83. The molecule has 0 bridgehead atoms. The van der Waals surface area contributed by atoms with Gasteiger partial charge in [0.2, 0.25) is 0 Å². The van der Waals surface area contributed by atoms with Crippen molar-refractivity contribution in [2.45, 2.75) is 0 Å². The first-order valence-corrected chi connectivity index (χ1v) is 13.3. The number of hydrogen-bond acceptors (Lipinski definition) is 5. The zero-order chi connectivity index (χ0) is 25.3. The molecule has 3 aromatic heterocycles. The molecule has 0 fully saturated rings. The average Bonchev–Trinajstić information content (AvgIpc) is 3.42. The molecule has 3 heterocycles. The van der Waals surface area contributed by atoms with Crippen LogP contribution in [-0.4, -0.2) is 15.0 Å². The smallest absolute Gasteiger partial charge is 0.195 e. The fraction of sp³-hybridized carbons (Fsp3) is 0. The molecule has 7 aromatic rings. The molecule has 180 valence electrons. The van der Waals surface area contributed by atoms with Gasteiger partial charge in [0.25, 0.3) is 0 Å². The molecule has 0 saturated carbocycles. The van der Waals surface area contributed by atoms with Gasteiger partial charge in [-0.15, -0.1) is 0 Å². The van der Waals surface area contributed by atoms with Gasteiger partial charge in [-0.25, -0.2) is 9.97 Å². The van der Waals surface area contributed by atoms with Crippen molar-refractivity contribution in [3.8, 4) is 22.5 Å². The molecule has 4 nitrogen and oxygen atoms in total. The molecule has 0 aliphatic carbocycles. The maximum atomic E-state index is 5.21. The maximum Gasteiger partial charge on any atom is 0.195 e. The second-order valence-corrected chi connectivity index (χ2v) is 9.98. The van der Waals surface area contributed by atoms with Gasteiger partial charge in [-0.1, -0.05) is 84.1 Å². The van der Waals surface area contributed by atoms with E-state index in [1.807, 2.05) is 42.6 Å². The van der Waals surface area contributed by atoms with Gasteiger partial charge in [-0.3, -0.25) is 9.88 Å². The van der Waals surface area contributed by atoms with E-state index in [0.717, 1.165) is 60.1 Å². The molecule has 0 unspecified atom stereocenters. The number of fused-ring (bicyclic) bond motifs is 2. The summed E-state index contributed by atoms with van der Waals surface area (Å²) in [5.74, 6) is 0. The third kappa shape index (κ3) is 4.09. The summed E-state index contributed by atoms with van der Waals surface area (Å²) < 4.78 is 1.12. The summed E-state index contributed by atoms with van der Waals surface area (Å²) in [6.45, 7) is 0. The Morgan fingerprint density at radius 2 is 1.39 bits per heavy atom. The minimum atomic E-state index is 0.901. The summed E-state index contributed by atoms with van der Waals surface area (Å²) in [6, 6.07) is 43.6. The van der Waals surface area contributed by atoms with Gasteiger partial charge < -0.3 is 0 Å². The van der Waals surface area contributed by atoms with Crippen LogP contribution < -0.4 is 4.90 Å². The van der Waals surface area contributed by atoms with Gasteiger partial charge in [0, 0.05) is 34.1 Å². The highest BCUT2D eigenvalue weighted by Gasteiger charge is 2.19. The van der Waals surface area contributed by atoms with Crippen LogP contribution in [0.4, 0.5) is 16.5 Å². The van der Waals surface area contributed by atoms with E-state index in [9.17, 15) is 0 Å². The maximum absolute atomic E-state index is 5.21. The number of nitrogens with zero attached hydrogens (tertiary/aromatic N) is 4. The van der Waals surface area contributed by atoms with Crippen molar-refractivity contribution in [2.75, 3.05) is 4.90 Å². The molecule has 0 aliphatic rings. The third-order valence-electron chi connectivity index (χ3n) is 6.55. The molecule has 0 N–H and O–H groups in total. The van der Waals surface area contributed by atoms with Gasteiger partial charge in [-0.05, 0) is 54.6 Å². The first kappa shape index (κ1) is 22.3. The molecule has 0 atom stereocenters. The lowest BCUT2D eigenvalue weighted by Crippen LogP contribution is -2.09. The quantitative estimate of drug-likeness (QED) is 0.233. The van der Waals surface area contributed by atoms with Gasteiger partial charge in [0.05, 0.1) is 27.1 Å². The molecule has 0 saturated heterocycles. The predicted octanol–water partition coefficient (Wildman–Crippen LogP) is 9.04. The van der Waals surface area contributed by atoms with Crippen molar-refractivity contribution in [3.05, 3.63) is 134 Å². The van der Waals surface area contributed by atoms with Crippen molar-refractivity contribution in [1.82, 2.24) is 15.0 Å². The highest BCUT2D eigenvalue weighted by molar-refractivity contribution is 7.22. The Labute approximate surface area is 224 Å². The molecule has 0 radical (unpaired) electrons. The van der Waals surface area contributed by atoms with Crippen LogP contribution in [-0.2, 0) is 0 Å². The Balaban J connectivity index is 1.38. The van der Waals surface area contributed by atoms with Crippen LogP contribution in [0.1, 0.15) is 0 Å². The summed E-state index contributed by atoms with van der Waals surface area (Å²) in [4.78, 5) is 16.9. The van der Waals surface area contributed by atoms with Gasteiger partial charge in [0.15, 0.2) is 5.13 Å². The number of aromatic nitrogens is 3. The Bertz CT molecular complexity index is 1880. The molecule has 0 aliphatic heterocycles.